The van der Waals surface area contributed by atoms with Gasteiger partial charge in [-0.2, -0.15) is 4.98 Å². The van der Waals surface area contributed by atoms with Crippen molar-refractivity contribution in [1.82, 2.24) is 10.1 Å². The summed E-state index contributed by atoms with van der Waals surface area (Å²) in [7, 11) is 0. The van der Waals surface area contributed by atoms with Crippen LogP contribution in [0.1, 0.15) is 63.8 Å². The molecule has 3 rings (SSSR count). The Bertz CT molecular complexity index is 506. The molecule has 0 radical (unpaired) electrons. The first-order chi connectivity index (χ1) is 10.2. The summed E-state index contributed by atoms with van der Waals surface area (Å²) in [4.78, 5) is 16.7. The zero-order valence-electron chi connectivity index (χ0n) is 12.6. The van der Waals surface area contributed by atoms with Crippen LogP contribution in [0.4, 0.5) is 0 Å². The van der Waals surface area contributed by atoms with Crippen LogP contribution in [0.2, 0.25) is 0 Å². The van der Waals surface area contributed by atoms with Gasteiger partial charge in [0.25, 0.3) is 0 Å². The first-order valence-corrected chi connectivity index (χ1v) is 7.84. The third-order valence-corrected chi connectivity index (χ3v) is 4.38. The summed E-state index contributed by atoms with van der Waals surface area (Å²) in [6.07, 6.45) is 4.59. The van der Waals surface area contributed by atoms with Crippen molar-refractivity contribution in [2.24, 2.45) is 5.92 Å². The number of aromatic nitrogens is 2. The van der Waals surface area contributed by atoms with E-state index < -0.39 is 5.41 Å². The molecule has 0 aliphatic heterocycles. The predicted molar refractivity (Wildman–Crippen MR) is 73.6 cm³/mol. The first kappa shape index (κ1) is 14.5. The molecule has 0 N–H and O–H groups in total. The summed E-state index contributed by atoms with van der Waals surface area (Å²) >= 11 is 0. The Morgan fingerprint density at radius 2 is 2.14 bits per heavy atom. The summed E-state index contributed by atoms with van der Waals surface area (Å²) < 4.78 is 16.3. The maximum Gasteiger partial charge on any atom is 0.321 e. The lowest BCUT2D eigenvalue weighted by molar-refractivity contribution is -0.155. The van der Waals surface area contributed by atoms with Gasteiger partial charge in [0.2, 0.25) is 11.7 Å². The number of nitrogens with zero attached hydrogens (tertiary/aromatic N) is 2. The van der Waals surface area contributed by atoms with Gasteiger partial charge in [0.15, 0.2) is 0 Å². The fourth-order valence-electron chi connectivity index (χ4n) is 2.85. The molecule has 2 aliphatic rings. The lowest BCUT2D eigenvalue weighted by Crippen LogP contribution is -2.44. The minimum atomic E-state index is -0.721. The minimum absolute atomic E-state index is 0.105. The van der Waals surface area contributed by atoms with Crippen LogP contribution in [0.3, 0.4) is 0 Å². The highest BCUT2D eigenvalue weighted by atomic mass is 16.5. The van der Waals surface area contributed by atoms with Crippen LogP contribution in [0, 0.1) is 5.92 Å². The molecule has 0 saturated heterocycles. The number of hydrogen-bond donors (Lipinski definition) is 0. The molecule has 1 atom stereocenters. The smallest absolute Gasteiger partial charge is 0.321 e. The van der Waals surface area contributed by atoms with Crippen LogP contribution < -0.4 is 0 Å². The highest BCUT2D eigenvalue weighted by Gasteiger charge is 2.52. The molecule has 2 fully saturated rings. The summed E-state index contributed by atoms with van der Waals surface area (Å²) in [6.45, 7) is 4.75. The van der Waals surface area contributed by atoms with Crippen LogP contribution >= 0.6 is 0 Å². The molecule has 1 unspecified atom stereocenters. The molecule has 1 aromatic heterocycles. The van der Waals surface area contributed by atoms with Crippen LogP contribution in [-0.4, -0.2) is 29.3 Å². The standard InChI is InChI=1S/C15H22N2O4/c1-3-19-11(10-6-7-10)12-16-13(21-17-12)15(8-5-9-15)14(18)20-4-2/h10-11H,3-9H2,1-2H3. The SMILES string of the molecule is CCOC(=O)C1(c2nc(C(OCC)C3CC3)no2)CCC1. The zero-order valence-corrected chi connectivity index (χ0v) is 12.6. The highest BCUT2D eigenvalue weighted by Crippen LogP contribution is 2.46. The molecule has 6 heteroatoms. The van der Waals surface area contributed by atoms with Crippen LogP contribution in [0.5, 0.6) is 0 Å². The molecule has 0 amide bonds. The van der Waals surface area contributed by atoms with Crippen molar-refractivity contribution >= 4 is 5.97 Å². The molecular weight excluding hydrogens is 272 g/mol. The van der Waals surface area contributed by atoms with Crippen molar-refractivity contribution in [3.8, 4) is 0 Å². The Morgan fingerprint density at radius 1 is 1.38 bits per heavy atom. The molecule has 21 heavy (non-hydrogen) atoms. The van der Waals surface area contributed by atoms with Crippen LogP contribution in [0.15, 0.2) is 4.52 Å². The molecule has 1 aromatic rings. The minimum Gasteiger partial charge on any atom is -0.465 e. The molecule has 116 valence electrons. The summed E-state index contributed by atoms with van der Waals surface area (Å²) in [5.74, 6) is 1.21. The fraction of sp³-hybridized carbons (Fsp3) is 0.800. The second-order valence-corrected chi connectivity index (χ2v) is 5.83. The maximum atomic E-state index is 12.2. The van der Waals surface area contributed by atoms with Gasteiger partial charge in [-0.15, -0.1) is 0 Å². The number of carbonyl (C=O) groups excluding carboxylic acids is 1. The topological polar surface area (TPSA) is 74.5 Å². The van der Waals surface area contributed by atoms with E-state index in [0.29, 0.717) is 30.8 Å². The molecular formula is C15H22N2O4. The average molecular weight is 294 g/mol. The predicted octanol–water partition coefficient (Wildman–Crippen LogP) is 2.54. The Balaban J connectivity index is 1.81. The Kier molecular flexibility index (Phi) is 3.97. The summed E-state index contributed by atoms with van der Waals surface area (Å²) in [5, 5.41) is 4.07. The second-order valence-electron chi connectivity index (χ2n) is 5.83. The fourth-order valence-corrected chi connectivity index (χ4v) is 2.85. The van der Waals surface area contributed by atoms with E-state index in [9.17, 15) is 4.79 Å². The molecule has 1 heterocycles. The third kappa shape index (κ3) is 2.57. The number of carbonyl (C=O) groups is 1. The average Bonchev–Trinajstić information content (AvgIpc) is 3.14. The van der Waals surface area contributed by atoms with Gasteiger partial charge in [-0.05, 0) is 45.4 Å². The van der Waals surface area contributed by atoms with Crippen molar-refractivity contribution < 1.29 is 18.8 Å². The molecule has 0 spiro atoms. The number of ether oxygens (including phenoxy) is 2. The first-order valence-electron chi connectivity index (χ1n) is 7.84. The number of hydrogen-bond acceptors (Lipinski definition) is 6. The summed E-state index contributed by atoms with van der Waals surface area (Å²) in [5.41, 5.74) is -0.721. The van der Waals surface area contributed by atoms with Crippen molar-refractivity contribution in [2.45, 2.75) is 57.5 Å². The Morgan fingerprint density at radius 3 is 2.67 bits per heavy atom. The number of rotatable bonds is 7. The molecule has 0 aromatic carbocycles. The molecule has 6 nitrogen and oxygen atoms in total. The van der Waals surface area contributed by atoms with Gasteiger partial charge in [0, 0.05) is 6.61 Å². The maximum absolute atomic E-state index is 12.2. The van der Waals surface area contributed by atoms with E-state index in [0.717, 1.165) is 32.1 Å². The quantitative estimate of drug-likeness (QED) is 0.719. The van der Waals surface area contributed by atoms with Gasteiger partial charge in [0.05, 0.1) is 6.61 Å². The number of esters is 1. The van der Waals surface area contributed by atoms with E-state index in [-0.39, 0.29) is 12.1 Å². The van der Waals surface area contributed by atoms with Crippen molar-refractivity contribution in [3.63, 3.8) is 0 Å². The third-order valence-electron chi connectivity index (χ3n) is 4.38. The van der Waals surface area contributed by atoms with Gasteiger partial charge < -0.3 is 14.0 Å². The van der Waals surface area contributed by atoms with Crippen LogP contribution in [-0.2, 0) is 19.7 Å². The van der Waals surface area contributed by atoms with E-state index in [2.05, 4.69) is 10.1 Å². The lowest BCUT2D eigenvalue weighted by Gasteiger charge is -2.35. The lowest BCUT2D eigenvalue weighted by atomic mass is 9.68. The molecule has 2 saturated carbocycles. The van der Waals surface area contributed by atoms with Gasteiger partial charge in [0.1, 0.15) is 11.5 Å². The second kappa shape index (κ2) is 5.75. The monoisotopic (exact) mass is 294 g/mol. The van der Waals surface area contributed by atoms with Gasteiger partial charge in [-0.25, -0.2) is 0 Å². The molecule has 0 bridgehead atoms. The van der Waals surface area contributed by atoms with Crippen molar-refractivity contribution in [3.05, 3.63) is 11.7 Å². The molecule has 2 aliphatic carbocycles. The highest BCUT2D eigenvalue weighted by molar-refractivity contribution is 5.83. The Hall–Kier alpha value is -1.43. The Labute approximate surface area is 124 Å². The van der Waals surface area contributed by atoms with E-state index >= 15 is 0 Å². The zero-order chi connectivity index (χ0) is 14.9. The van der Waals surface area contributed by atoms with Gasteiger partial charge >= 0.3 is 5.97 Å². The van der Waals surface area contributed by atoms with Gasteiger partial charge in [-0.3, -0.25) is 4.79 Å². The normalized spacial score (nSPS) is 21.6. The summed E-state index contributed by atoms with van der Waals surface area (Å²) in [6, 6.07) is 0. The largest absolute Gasteiger partial charge is 0.465 e. The van der Waals surface area contributed by atoms with Crippen LogP contribution in [0.25, 0.3) is 0 Å². The van der Waals surface area contributed by atoms with E-state index in [1.165, 1.54) is 0 Å². The van der Waals surface area contributed by atoms with Crippen molar-refractivity contribution in [1.29, 1.82) is 0 Å². The van der Waals surface area contributed by atoms with E-state index in [1.54, 1.807) is 0 Å². The van der Waals surface area contributed by atoms with E-state index in [1.807, 2.05) is 13.8 Å². The van der Waals surface area contributed by atoms with E-state index in [4.69, 9.17) is 14.0 Å². The van der Waals surface area contributed by atoms with Gasteiger partial charge in [-0.1, -0.05) is 11.6 Å². The van der Waals surface area contributed by atoms with Crippen molar-refractivity contribution in [2.75, 3.05) is 13.2 Å².